The zero-order valence-electron chi connectivity index (χ0n) is 19.7. The summed E-state index contributed by atoms with van der Waals surface area (Å²) in [7, 11) is 1.61. The van der Waals surface area contributed by atoms with Gasteiger partial charge in [0, 0.05) is 42.3 Å². The van der Waals surface area contributed by atoms with Gasteiger partial charge in [0.1, 0.15) is 5.75 Å². The van der Waals surface area contributed by atoms with E-state index in [1.165, 1.54) is 0 Å². The summed E-state index contributed by atoms with van der Waals surface area (Å²) < 4.78 is 47.3. The summed E-state index contributed by atoms with van der Waals surface area (Å²) in [5.74, 6) is 0.0847. The van der Waals surface area contributed by atoms with Gasteiger partial charge in [-0.1, -0.05) is 0 Å². The smallest absolute Gasteiger partial charge is 0.393 e. The molecule has 7 nitrogen and oxygen atoms in total. The van der Waals surface area contributed by atoms with Gasteiger partial charge in [0.05, 0.1) is 19.1 Å². The lowest BCUT2D eigenvalue weighted by Gasteiger charge is -2.34. The molecule has 4 rings (SSSR count). The lowest BCUT2D eigenvalue weighted by Crippen LogP contribution is -2.43. The third-order valence-electron chi connectivity index (χ3n) is 5.93. The number of rotatable bonds is 6. The Balaban J connectivity index is 1.60. The van der Waals surface area contributed by atoms with E-state index in [2.05, 4.69) is 20.4 Å². The lowest BCUT2D eigenvalue weighted by atomic mass is 9.98. The minimum Gasteiger partial charge on any atom is -0.496 e. The third kappa shape index (κ3) is 5.10. The number of hydrogen-bond donors (Lipinski definition) is 1. The van der Waals surface area contributed by atoms with Crippen molar-refractivity contribution in [2.75, 3.05) is 30.4 Å². The molecule has 0 amide bonds. The van der Waals surface area contributed by atoms with E-state index in [-0.39, 0.29) is 19.0 Å². The Morgan fingerprint density at radius 1 is 1.18 bits per heavy atom. The minimum absolute atomic E-state index is 0.0591. The first-order chi connectivity index (χ1) is 16.2. The molecule has 3 heterocycles. The normalized spacial score (nSPS) is 16.7. The molecule has 1 atom stereocenters. The van der Waals surface area contributed by atoms with Crippen LogP contribution >= 0.6 is 0 Å². The summed E-state index contributed by atoms with van der Waals surface area (Å²) in [6.07, 6.45) is -1.85. The summed E-state index contributed by atoms with van der Waals surface area (Å²) in [5, 5.41) is 7.72. The molecule has 1 aromatic carbocycles. The van der Waals surface area contributed by atoms with Crippen LogP contribution in [0.25, 0.3) is 11.1 Å². The molecule has 34 heavy (non-hydrogen) atoms. The summed E-state index contributed by atoms with van der Waals surface area (Å²) in [6, 6.07) is 9.52. The summed E-state index contributed by atoms with van der Waals surface area (Å²) in [4.78, 5) is 10.5. The van der Waals surface area contributed by atoms with Gasteiger partial charge in [-0.3, -0.25) is 4.98 Å². The van der Waals surface area contributed by atoms with Crippen molar-refractivity contribution in [3.8, 4) is 16.9 Å². The van der Waals surface area contributed by atoms with Crippen LogP contribution in [0.2, 0.25) is 0 Å². The Bertz CT molecular complexity index is 1140. The molecule has 0 aliphatic carbocycles. The van der Waals surface area contributed by atoms with Gasteiger partial charge in [-0.25, -0.2) is 4.68 Å². The minimum atomic E-state index is -4.21. The van der Waals surface area contributed by atoms with Crippen molar-refractivity contribution in [1.82, 2.24) is 19.7 Å². The molecule has 3 aromatic rings. The highest BCUT2D eigenvalue weighted by Gasteiger charge is 2.42. The number of nitrogens with zero attached hydrogens (tertiary/aromatic N) is 5. The van der Waals surface area contributed by atoms with Crippen LogP contribution in [0.1, 0.15) is 38.4 Å². The average molecular weight is 475 g/mol. The highest BCUT2D eigenvalue weighted by atomic mass is 19.4. The van der Waals surface area contributed by atoms with Crippen molar-refractivity contribution in [2.24, 2.45) is 5.92 Å². The van der Waals surface area contributed by atoms with Crippen molar-refractivity contribution >= 4 is 17.6 Å². The Hall–Kier alpha value is -3.30. The van der Waals surface area contributed by atoms with E-state index in [9.17, 15) is 13.2 Å². The Morgan fingerprint density at radius 2 is 1.97 bits per heavy atom. The summed E-state index contributed by atoms with van der Waals surface area (Å²) >= 11 is 0. The molecule has 0 bridgehead atoms. The van der Waals surface area contributed by atoms with Gasteiger partial charge in [0.15, 0.2) is 0 Å². The van der Waals surface area contributed by atoms with Crippen molar-refractivity contribution in [2.45, 2.75) is 45.8 Å². The number of aryl methyl sites for hydroxylation is 1. The largest absolute Gasteiger partial charge is 0.496 e. The average Bonchev–Trinajstić information content (AvgIpc) is 3.23. The van der Waals surface area contributed by atoms with Crippen LogP contribution in [0, 0.1) is 12.8 Å². The molecule has 2 aromatic heterocycles. The van der Waals surface area contributed by atoms with Crippen LogP contribution in [0.3, 0.4) is 0 Å². The Morgan fingerprint density at radius 3 is 2.65 bits per heavy atom. The summed E-state index contributed by atoms with van der Waals surface area (Å²) in [6.45, 7) is 6.20. The van der Waals surface area contributed by atoms with Crippen molar-refractivity contribution in [3.05, 3.63) is 42.2 Å². The molecule has 1 N–H and O–H groups in total. The quantitative estimate of drug-likeness (QED) is 0.490. The standard InChI is InChI=1S/C24H29F3N6O/c1-15(2)33-23(32-11-5-6-18(14-32)24(25,26)27)30-22(31-33)29-19-7-8-20(21(13-19)34-4)17-9-10-28-16(3)12-17/h7-10,12-13,15,18H,5-6,11,14H2,1-4H3,(H,29,31). The highest BCUT2D eigenvalue weighted by molar-refractivity contribution is 5.74. The lowest BCUT2D eigenvalue weighted by molar-refractivity contribution is -0.176. The van der Waals surface area contributed by atoms with Gasteiger partial charge in [0.25, 0.3) is 0 Å². The van der Waals surface area contributed by atoms with E-state index in [1.54, 1.807) is 22.9 Å². The predicted molar refractivity (Wildman–Crippen MR) is 126 cm³/mol. The fraction of sp³-hybridized carbons (Fsp3) is 0.458. The molecule has 10 heteroatoms. The second-order valence-corrected chi connectivity index (χ2v) is 8.83. The van der Waals surface area contributed by atoms with Crippen molar-refractivity contribution in [3.63, 3.8) is 0 Å². The molecule has 1 aliphatic rings. The third-order valence-corrected chi connectivity index (χ3v) is 5.93. The van der Waals surface area contributed by atoms with Gasteiger partial charge in [-0.2, -0.15) is 18.2 Å². The summed E-state index contributed by atoms with van der Waals surface area (Å²) in [5.41, 5.74) is 3.53. The molecule has 0 spiro atoms. The highest BCUT2D eigenvalue weighted by Crippen LogP contribution is 2.36. The molecule has 1 aliphatic heterocycles. The number of aromatic nitrogens is 4. The molecule has 0 saturated carbocycles. The van der Waals surface area contributed by atoms with E-state index in [1.807, 2.05) is 51.1 Å². The number of benzene rings is 1. The number of methoxy groups -OCH3 is 1. The van der Waals surface area contributed by atoms with Crippen LogP contribution in [0.5, 0.6) is 5.75 Å². The predicted octanol–water partition coefficient (Wildman–Crippen LogP) is 5.76. The number of ether oxygens (including phenoxy) is 1. The number of alkyl halides is 3. The first-order valence-electron chi connectivity index (χ1n) is 11.3. The van der Waals surface area contributed by atoms with E-state index in [0.29, 0.717) is 36.3 Å². The van der Waals surface area contributed by atoms with E-state index < -0.39 is 12.1 Å². The van der Waals surface area contributed by atoms with Gasteiger partial charge in [-0.15, -0.1) is 5.10 Å². The molecule has 1 saturated heterocycles. The molecular weight excluding hydrogens is 445 g/mol. The fourth-order valence-corrected chi connectivity index (χ4v) is 4.21. The zero-order chi connectivity index (χ0) is 24.5. The zero-order valence-corrected chi connectivity index (χ0v) is 19.7. The number of anilines is 3. The van der Waals surface area contributed by atoms with Crippen LogP contribution in [-0.2, 0) is 0 Å². The number of nitrogens with one attached hydrogen (secondary N) is 1. The van der Waals surface area contributed by atoms with E-state index in [0.717, 1.165) is 16.8 Å². The second-order valence-electron chi connectivity index (χ2n) is 8.83. The van der Waals surface area contributed by atoms with Crippen LogP contribution < -0.4 is 15.0 Å². The number of halogens is 3. The van der Waals surface area contributed by atoms with E-state index >= 15 is 0 Å². The topological polar surface area (TPSA) is 68.1 Å². The van der Waals surface area contributed by atoms with Crippen LogP contribution in [0.15, 0.2) is 36.5 Å². The SMILES string of the molecule is COc1cc(Nc2nc(N3CCCC(C(F)(F)F)C3)n(C(C)C)n2)ccc1-c1ccnc(C)c1. The maximum atomic E-state index is 13.3. The van der Waals surface area contributed by atoms with Crippen molar-refractivity contribution in [1.29, 1.82) is 0 Å². The molecule has 1 unspecified atom stereocenters. The maximum absolute atomic E-state index is 13.3. The van der Waals surface area contributed by atoms with Crippen LogP contribution in [0.4, 0.5) is 30.8 Å². The van der Waals surface area contributed by atoms with Gasteiger partial charge in [-0.05, 0) is 63.4 Å². The first-order valence-corrected chi connectivity index (χ1v) is 11.3. The maximum Gasteiger partial charge on any atom is 0.393 e. The molecule has 1 fully saturated rings. The number of piperidine rings is 1. The van der Waals surface area contributed by atoms with Gasteiger partial charge in [0.2, 0.25) is 11.9 Å². The van der Waals surface area contributed by atoms with Crippen molar-refractivity contribution < 1.29 is 17.9 Å². The molecular formula is C24H29F3N6O. The second kappa shape index (κ2) is 9.52. The number of pyridine rings is 1. The van der Waals surface area contributed by atoms with Gasteiger partial charge >= 0.3 is 6.18 Å². The monoisotopic (exact) mass is 474 g/mol. The van der Waals surface area contributed by atoms with Crippen LogP contribution in [-0.4, -0.2) is 46.1 Å². The Labute approximate surface area is 197 Å². The first kappa shape index (κ1) is 23.8. The Kier molecular flexibility index (Phi) is 6.67. The van der Waals surface area contributed by atoms with E-state index in [4.69, 9.17) is 4.74 Å². The number of hydrogen-bond acceptors (Lipinski definition) is 6. The molecule has 182 valence electrons. The van der Waals surface area contributed by atoms with Gasteiger partial charge < -0.3 is 15.0 Å². The molecule has 0 radical (unpaired) electrons. The fourth-order valence-electron chi connectivity index (χ4n) is 4.21.